The Morgan fingerprint density at radius 1 is 1.10 bits per heavy atom. The summed E-state index contributed by atoms with van der Waals surface area (Å²) in [5.74, 6) is -0.755. The lowest BCUT2D eigenvalue weighted by atomic mass is 10.1. The van der Waals surface area contributed by atoms with Crippen LogP contribution < -0.4 is 4.90 Å². The minimum atomic E-state index is -0.792. The van der Waals surface area contributed by atoms with E-state index in [0.29, 0.717) is 18.0 Å². The molecule has 1 N–H and O–H groups in total. The monoisotopic (exact) mass is 277 g/mol. The fourth-order valence-electron chi connectivity index (χ4n) is 2.04. The minimum Gasteiger partial charge on any atom is -0.481 e. The van der Waals surface area contributed by atoms with Crippen LogP contribution in [-0.2, 0) is 4.79 Å². The second kappa shape index (κ2) is 7.08. The average molecular weight is 277 g/mol. The first-order chi connectivity index (χ1) is 9.31. The molecule has 1 aromatic rings. The summed E-state index contributed by atoms with van der Waals surface area (Å²) in [5.41, 5.74) is 1.63. The minimum absolute atomic E-state index is 0.0332. The predicted octanol–water partition coefficient (Wildman–Crippen LogP) is 3.07. The number of carboxylic acids is 1. The van der Waals surface area contributed by atoms with Crippen LogP contribution in [0.25, 0.3) is 0 Å². The van der Waals surface area contributed by atoms with E-state index < -0.39 is 11.9 Å². The van der Waals surface area contributed by atoms with Crippen molar-refractivity contribution in [3.8, 4) is 0 Å². The van der Waals surface area contributed by atoms with Crippen LogP contribution in [0.5, 0.6) is 0 Å². The Morgan fingerprint density at radius 3 is 2.05 bits per heavy atom. The molecule has 4 nitrogen and oxygen atoms in total. The standard InChI is InChI=1S/C16H23NO3/c1-11(2)9-17(10-12(3)16(19)20)15-7-5-14(6-8-15)13(4)18/h5-8,11-12H,9-10H2,1-4H3,(H,19,20). The molecule has 1 aromatic carbocycles. The van der Waals surface area contributed by atoms with Crippen molar-refractivity contribution in [2.24, 2.45) is 11.8 Å². The van der Waals surface area contributed by atoms with Crippen LogP contribution >= 0.6 is 0 Å². The third kappa shape index (κ3) is 4.68. The number of nitrogens with zero attached hydrogens (tertiary/aromatic N) is 1. The molecule has 0 aliphatic carbocycles. The number of benzene rings is 1. The predicted molar refractivity (Wildman–Crippen MR) is 80.3 cm³/mol. The number of carbonyl (C=O) groups excluding carboxylic acids is 1. The number of carboxylic acid groups (broad SMARTS) is 1. The Bertz CT molecular complexity index is 465. The third-order valence-corrected chi connectivity index (χ3v) is 3.14. The van der Waals surface area contributed by atoms with Gasteiger partial charge in [-0.2, -0.15) is 0 Å². The van der Waals surface area contributed by atoms with Gasteiger partial charge in [0.15, 0.2) is 5.78 Å². The Morgan fingerprint density at radius 2 is 1.65 bits per heavy atom. The van der Waals surface area contributed by atoms with Gasteiger partial charge < -0.3 is 10.0 Å². The number of rotatable bonds is 7. The first-order valence-corrected chi connectivity index (χ1v) is 6.90. The van der Waals surface area contributed by atoms with Crippen LogP contribution in [0.3, 0.4) is 0 Å². The maximum atomic E-state index is 11.3. The van der Waals surface area contributed by atoms with Gasteiger partial charge in [0.25, 0.3) is 0 Å². The van der Waals surface area contributed by atoms with Crippen LogP contribution in [0.2, 0.25) is 0 Å². The summed E-state index contributed by atoms with van der Waals surface area (Å²) in [6.07, 6.45) is 0. The zero-order valence-corrected chi connectivity index (χ0v) is 12.6. The number of ketones is 1. The Labute approximate surface area is 120 Å². The van der Waals surface area contributed by atoms with Crippen LogP contribution in [0.15, 0.2) is 24.3 Å². The topological polar surface area (TPSA) is 57.6 Å². The molecule has 0 aliphatic rings. The number of aliphatic carboxylic acids is 1. The zero-order chi connectivity index (χ0) is 15.3. The molecule has 0 amide bonds. The first kappa shape index (κ1) is 16.2. The van der Waals surface area contributed by atoms with Gasteiger partial charge in [-0.05, 0) is 37.1 Å². The smallest absolute Gasteiger partial charge is 0.308 e. The first-order valence-electron chi connectivity index (χ1n) is 6.90. The van der Waals surface area contributed by atoms with E-state index >= 15 is 0 Å². The number of hydrogen-bond acceptors (Lipinski definition) is 3. The van der Waals surface area contributed by atoms with E-state index in [9.17, 15) is 9.59 Å². The normalized spacial score (nSPS) is 12.2. The molecule has 0 bridgehead atoms. The summed E-state index contributed by atoms with van der Waals surface area (Å²) in [7, 11) is 0. The molecule has 0 spiro atoms. The van der Waals surface area contributed by atoms with Crippen LogP contribution in [0.1, 0.15) is 38.1 Å². The number of hydrogen-bond donors (Lipinski definition) is 1. The second-order valence-corrected chi connectivity index (χ2v) is 5.64. The van der Waals surface area contributed by atoms with Crippen molar-refractivity contribution >= 4 is 17.4 Å². The summed E-state index contributed by atoms with van der Waals surface area (Å²) >= 11 is 0. The maximum absolute atomic E-state index is 11.3. The number of anilines is 1. The van der Waals surface area contributed by atoms with Crippen molar-refractivity contribution in [3.63, 3.8) is 0 Å². The van der Waals surface area contributed by atoms with E-state index in [1.54, 1.807) is 19.1 Å². The van der Waals surface area contributed by atoms with Crippen molar-refractivity contribution in [1.82, 2.24) is 0 Å². The van der Waals surface area contributed by atoms with Gasteiger partial charge in [0.1, 0.15) is 0 Å². The molecule has 1 rings (SSSR count). The van der Waals surface area contributed by atoms with Gasteiger partial charge in [-0.15, -0.1) is 0 Å². The summed E-state index contributed by atoms with van der Waals surface area (Å²) in [6, 6.07) is 7.34. The average Bonchev–Trinajstić information content (AvgIpc) is 2.37. The van der Waals surface area contributed by atoms with Crippen molar-refractivity contribution in [2.45, 2.75) is 27.7 Å². The van der Waals surface area contributed by atoms with Crippen LogP contribution in [0.4, 0.5) is 5.69 Å². The van der Waals surface area contributed by atoms with E-state index in [0.717, 1.165) is 12.2 Å². The SMILES string of the molecule is CC(=O)c1ccc(N(CC(C)C)CC(C)C(=O)O)cc1. The lowest BCUT2D eigenvalue weighted by Crippen LogP contribution is -2.34. The molecule has 20 heavy (non-hydrogen) atoms. The molecule has 1 unspecified atom stereocenters. The van der Waals surface area contributed by atoms with Gasteiger partial charge in [-0.25, -0.2) is 0 Å². The molecule has 0 aromatic heterocycles. The lowest BCUT2D eigenvalue weighted by Gasteiger charge is -2.28. The van der Waals surface area contributed by atoms with E-state index in [2.05, 4.69) is 18.7 Å². The van der Waals surface area contributed by atoms with Gasteiger partial charge in [-0.1, -0.05) is 20.8 Å². The molecule has 0 saturated carbocycles. The molecule has 0 aliphatic heterocycles. The van der Waals surface area contributed by atoms with Gasteiger partial charge >= 0.3 is 5.97 Å². The van der Waals surface area contributed by atoms with Crippen molar-refractivity contribution in [3.05, 3.63) is 29.8 Å². The highest BCUT2D eigenvalue weighted by Gasteiger charge is 2.17. The van der Waals surface area contributed by atoms with Gasteiger partial charge in [0.2, 0.25) is 0 Å². The van der Waals surface area contributed by atoms with Crippen molar-refractivity contribution < 1.29 is 14.7 Å². The highest BCUT2D eigenvalue weighted by Crippen LogP contribution is 2.19. The summed E-state index contributed by atoms with van der Waals surface area (Å²) < 4.78 is 0. The van der Waals surface area contributed by atoms with E-state index in [4.69, 9.17) is 5.11 Å². The summed E-state index contributed by atoms with van der Waals surface area (Å²) in [5, 5.41) is 9.06. The van der Waals surface area contributed by atoms with Crippen LogP contribution in [0, 0.1) is 11.8 Å². The Hall–Kier alpha value is -1.84. The van der Waals surface area contributed by atoms with Gasteiger partial charge in [0.05, 0.1) is 5.92 Å². The molecule has 0 fully saturated rings. The highest BCUT2D eigenvalue weighted by atomic mass is 16.4. The zero-order valence-electron chi connectivity index (χ0n) is 12.6. The lowest BCUT2D eigenvalue weighted by molar-refractivity contribution is -0.140. The largest absolute Gasteiger partial charge is 0.481 e. The van der Waals surface area contributed by atoms with Crippen molar-refractivity contribution in [1.29, 1.82) is 0 Å². The highest BCUT2D eigenvalue weighted by molar-refractivity contribution is 5.94. The van der Waals surface area contributed by atoms with Crippen molar-refractivity contribution in [2.75, 3.05) is 18.0 Å². The molecule has 0 heterocycles. The van der Waals surface area contributed by atoms with E-state index in [1.165, 1.54) is 6.92 Å². The molecular weight excluding hydrogens is 254 g/mol. The Kier molecular flexibility index (Phi) is 5.74. The molecule has 1 atom stereocenters. The fourth-order valence-corrected chi connectivity index (χ4v) is 2.04. The second-order valence-electron chi connectivity index (χ2n) is 5.64. The quantitative estimate of drug-likeness (QED) is 0.778. The number of Topliss-reactive ketones (excluding diaryl/α,β-unsaturated/α-hetero) is 1. The van der Waals surface area contributed by atoms with Gasteiger partial charge in [-0.3, -0.25) is 9.59 Å². The maximum Gasteiger partial charge on any atom is 0.308 e. The van der Waals surface area contributed by atoms with E-state index in [1.807, 2.05) is 12.1 Å². The summed E-state index contributed by atoms with van der Waals surface area (Å²) in [4.78, 5) is 24.4. The molecule has 0 radical (unpaired) electrons. The van der Waals surface area contributed by atoms with E-state index in [-0.39, 0.29) is 5.78 Å². The molecular formula is C16H23NO3. The van der Waals surface area contributed by atoms with Gasteiger partial charge in [0, 0.05) is 24.3 Å². The van der Waals surface area contributed by atoms with Crippen LogP contribution in [-0.4, -0.2) is 29.9 Å². The molecule has 4 heteroatoms. The Balaban J connectivity index is 2.92. The third-order valence-electron chi connectivity index (χ3n) is 3.14. The summed E-state index contributed by atoms with van der Waals surface area (Å²) in [6.45, 7) is 8.70. The fraction of sp³-hybridized carbons (Fsp3) is 0.500. The molecule has 0 saturated heterocycles. The number of carbonyl (C=O) groups is 2. The molecule has 110 valence electrons.